The van der Waals surface area contributed by atoms with Gasteiger partial charge in [-0.05, 0) is 49.3 Å². The zero-order valence-electron chi connectivity index (χ0n) is 11.1. The van der Waals surface area contributed by atoms with Gasteiger partial charge in [-0.25, -0.2) is 0 Å². The molecule has 1 saturated carbocycles. The molecule has 0 saturated heterocycles. The average Bonchev–Trinajstić information content (AvgIpc) is 3.12. The Hall–Kier alpha value is -1.02. The fourth-order valence-electron chi connectivity index (χ4n) is 2.39. The summed E-state index contributed by atoms with van der Waals surface area (Å²) in [7, 11) is 0. The van der Waals surface area contributed by atoms with Crippen molar-refractivity contribution >= 4 is 5.69 Å². The van der Waals surface area contributed by atoms with Crippen LogP contribution in [0.1, 0.15) is 37.3 Å². The quantitative estimate of drug-likeness (QED) is 0.816. The van der Waals surface area contributed by atoms with Crippen molar-refractivity contribution in [3.8, 4) is 0 Å². The van der Waals surface area contributed by atoms with Gasteiger partial charge in [0.05, 0.1) is 0 Å². The maximum absolute atomic E-state index is 5.68. The number of nitrogens with zero attached hydrogens (tertiary/aromatic N) is 1. The van der Waals surface area contributed by atoms with Gasteiger partial charge in [-0.1, -0.05) is 19.1 Å². The number of benzene rings is 1. The minimum absolute atomic E-state index is 0.636. The average molecular weight is 232 g/mol. The van der Waals surface area contributed by atoms with Gasteiger partial charge in [-0.2, -0.15) is 0 Å². The molecule has 0 aromatic heterocycles. The molecule has 2 rings (SSSR count). The van der Waals surface area contributed by atoms with E-state index in [1.165, 1.54) is 49.2 Å². The summed E-state index contributed by atoms with van der Waals surface area (Å²) in [6.45, 7) is 7.49. The molecule has 0 unspecified atom stereocenters. The molecule has 17 heavy (non-hydrogen) atoms. The third-order valence-electron chi connectivity index (χ3n) is 3.51. The summed E-state index contributed by atoms with van der Waals surface area (Å²) in [5.74, 6) is 0.940. The molecule has 0 radical (unpaired) electrons. The lowest BCUT2D eigenvalue weighted by Crippen LogP contribution is -2.27. The molecule has 2 nitrogen and oxygen atoms in total. The van der Waals surface area contributed by atoms with Gasteiger partial charge in [0.15, 0.2) is 0 Å². The van der Waals surface area contributed by atoms with Crippen molar-refractivity contribution in [2.45, 2.75) is 39.7 Å². The van der Waals surface area contributed by atoms with Gasteiger partial charge in [0.1, 0.15) is 0 Å². The second kappa shape index (κ2) is 5.54. The van der Waals surface area contributed by atoms with Gasteiger partial charge in [0.2, 0.25) is 0 Å². The maximum atomic E-state index is 5.68. The summed E-state index contributed by atoms with van der Waals surface area (Å²) >= 11 is 0. The SMILES string of the molecule is CCCN(CC1CC1)c1ccc(CN)cc1C. The van der Waals surface area contributed by atoms with Crippen molar-refractivity contribution in [2.24, 2.45) is 11.7 Å². The number of rotatable bonds is 6. The normalized spacial score (nSPS) is 15.0. The Morgan fingerprint density at radius 2 is 2.12 bits per heavy atom. The Balaban J connectivity index is 2.15. The van der Waals surface area contributed by atoms with Gasteiger partial charge in [0.25, 0.3) is 0 Å². The van der Waals surface area contributed by atoms with Crippen LogP contribution in [0, 0.1) is 12.8 Å². The molecule has 1 fully saturated rings. The highest BCUT2D eigenvalue weighted by molar-refractivity contribution is 5.54. The molecular weight excluding hydrogens is 208 g/mol. The van der Waals surface area contributed by atoms with Gasteiger partial charge < -0.3 is 10.6 Å². The summed E-state index contributed by atoms with van der Waals surface area (Å²) in [6, 6.07) is 6.64. The van der Waals surface area contributed by atoms with Crippen molar-refractivity contribution in [3.63, 3.8) is 0 Å². The number of aryl methyl sites for hydroxylation is 1. The highest BCUT2D eigenvalue weighted by Crippen LogP contribution is 2.32. The van der Waals surface area contributed by atoms with E-state index < -0.39 is 0 Å². The molecule has 0 atom stereocenters. The monoisotopic (exact) mass is 232 g/mol. The van der Waals surface area contributed by atoms with Crippen LogP contribution in [-0.2, 0) is 6.54 Å². The topological polar surface area (TPSA) is 29.3 Å². The van der Waals surface area contributed by atoms with Crippen LogP contribution in [0.5, 0.6) is 0 Å². The zero-order valence-corrected chi connectivity index (χ0v) is 11.1. The fraction of sp³-hybridized carbons (Fsp3) is 0.600. The van der Waals surface area contributed by atoms with E-state index in [1.807, 2.05) is 0 Å². The van der Waals surface area contributed by atoms with E-state index in [9.17, 15) is 0 Å². The minimum atomic E-state index is 0.636. The minimum Gasteiger partial charge on any atom is -0.371 e. The standard InChI is InChI=1S/C15H24N2/c1-3-8-17(11-13-4-5-13)15-7-6-14(10-16)9-12(15)2/h6-7,9,13H,3-5,8,10-11,16H2,1-2H3. The van der Waals surface area contributed by atoms with E-state index in [4.69, 9.17) is 5.73 Å². The van der Waals surface area contributed by atoms with Crippen molar-refractivity contribution in [1.29, 1.82) is 0 Å². The predicted octanol–water partition coefficient (Wildman–Crippen LogP) is 3.08. The highest BCUT2D eigenvalue weighted by Gasteiger charge is 2.24. The molecule has 2 heteroatoms. The van der Waals surface area contributed by atoms with Crippen LogP contribution in [0.2, 0.25) is 0 Å². The molecule has 0 amide bonds. The Bertz CT molecular complexity index is 369. The molecule has 0 aliphatic heterocycles. The van der Waals surface area contributed by atoms with E-state index in [0.717, 1.165) is 5.92 Å². The summed E-state index contributed by atoms with van der Waals surface area (Å²) in [4.78, 5) is 2.55. The van der Waals surface area contributed by atoms with Crippen LogP contribution in [-0.4, -0.2) is 13.1 Å². The lowest BCUT2D eigenvalue weighted by atomic mass is 10.1. The molecule has 0 spiro atoms. The van der Waals surface area contributed by atoms with Crippen molar-refractivity contribution < 1.29 is 0 Å². The first kappa shape index (κ1) is 12.4. The molecule has 0 bridgehead atoms. The zero-order chi connectivity index (χ0) is 12.3. The van der Waals surface area contributed by atoms with E-state index >= 15 is 0 Å². The Morgan fingerprint density at radius 3 is 2.65 bits per heavy atom. The Morgan fingerprint density at radius 1 is 1.35 bits per heavy atom. The smallest absolute Gasteiger partial charge is 0.0396 e. The van der Waals surface area contributed by atoms with Gasteiger partial charge in [0, 0.05) is 25.3 Å². The fourth-order valence-corrected chi connectivity index (χ4v) is 2.39. The van der Waals surface area contributed by atoms with Crippen LogP contribution in [0.4, 0.5) is 5.69 Å². The first-order chi connectivity index (χ1) is 8.24. The number of hydrogen-bond donors (Lipinski definition) is 1. The lowest BCUT2D eigenvalue weighted by molar-refractivity contribution is 0.706. The van der Waals surface area contributed by atoms with Crippen molar-refractivity contribution in [3.05, 3.63) is 29.3 Å². The number of nitrogens with two attached hydrogens (primary N) is 1. The third-order valence-corrected chi connectivity index (χ3v) is 3.51. The van der Waals surface area contributed by atoms with Gasteiger partial charge in [-0.3, -0.25) is 0 Å². The first-order valence-corrected chi connectivity index (χ1v) is 6.79. The molecule has 1 aliphatic rings. The van der Waals surface area contributed by atoms with Gasteiger partial charge in [-0.15, -0.1) is 0 Å². The lowest BCUT2D eigenvalue weighted by Gasteiger charge is -2.26. The third kappa shape index (κ3) is 3.22. The molecule has 1 aliphatic carbocycles. The molecular formula is C15H24N2. The van der Waals surface area contributed by atoms with Crippen molar-refractivity contribution in [1.82, 2.24) is 0 Å². The van der Waals surface area contributed by atoms with Crippen LogP contribution < -0.4 is 10.6 Å². The highest BCUT2D eigenvalue weighted by atomic mass is 15.1. The van der Waals surface area contributed by atoms with Crippen LogP contribution in [0.15, 0.2) is 18.2 Å². The van der Waals surface area contributed by atoms with Crippen LogP contribution in [0.3, 0.4) is 0 Å². The second-order valence-electron chi connectivity index (χ2n) is 5.21. The predicted molar refractivity (Wildman–Crippen MR) is 74.3 cm³/mol. The van der Waals surface area contributed by atoms with E-state index in [1.54, 1.807) is 0 Å². The van der Waals surface area contributed by atoms with Crippen molar-refractivity contribution in [2.75, 3.05) is 18.0 Å². The molecule has 94 valence electrons. The number of anilines is 1. The van der Waals surface area contributed by atoms with Crippen LogP contribution >= 0.6 is 0 Å². The van der Waals surface area contributed by atoms with E-state index in [-0.39, 0.29) is 0 Å². The molecule has 1 aromatic carbocycles. The Labute approximate surface area is 105 Å². The summed E-state index contributed by atoms with van der Waals surface area (Å²) in [6.07, 6.45) is 4.05. The molecule has 1 aromatic rings. The van der Waals surface area contributed by atoms with E-state index in [2.05, 4.69) is 36.9 Å². The Kier molecular flexibility index (Phi) is 4.06. The number of hydrogen-bond acceptors (Lipinski definition) is 2. The summed E-state index contributed by atoms with van der Waals surface area (Å²) in [5.41, 5.74) is 9.67. The second-order valence-corrected chi connectivity index (χ2v) is 5.21. The maximum Gasteiger partial charge on any atom is 0.0396 e. The summed E-state index contributed by atoms with van der Waals surface area (Å²) in [5, 5.41) is 0. The largest absolute Gasteiger partial charge is 0.371 e. The van der Waals surface area contributed by atoms with E-state index in [0.29, 0.717) is 6.54 Å². The van der Waals surface area contributed by atoms with Gasteiger partial charge >= 0.3 is 0 Å². The molecule has 2 N–H and O–H groups in total. The first-order valence-electron chi connectivity index (χ1n) is 6.79. The molecule has 0 heterocycles. The summed E-state index contributed by atoms with van der Waals surface area (Å²) < 4.78 is 0. The van der Waals surface area contributed by atoms with Crippen LogP contribution in [0.25, 0.3) is 0 Å².